The maximum Gasteiger partial charge on any atom is 0.303 e. The summed E-state index contributed by atoms with van der Waals surface area (Å²) in [7, 11) is 0. The predicted octanol–water partition coefficient (Wildman–Crippen LogP) is 9.01. The molecule has 0 saturated heterocycles. The lowest BCUT2D eigenvalue weighted by molar-refractivity contribution is -0.137. The van der Waals surface area contributed by atoms with Crippen LogP contribution in [0.5, 0.6) is 0 Å². The van der Waals surface area contributed by atoms with Crippen molar-refractivity contribution in [2.24, 2.45) is 0 Å². The third-order valence-corrected chi connectivity index (χ3v) is 5.34. The Kier molecular flexibility index (Phi) is 23.1. The largest absolute Gasteiger partial charge is 0.481 e. The van der Waals surface area contributed by atoms with E-state index in [4.69, 9.17) is 5.11 Å². The number of hydrogen-bond acceptors (Lipinski definition) is 1. The molecule has 0 atom stereocenters. The average molecular weight is 393 g/mol. The lowest BCUT2D eigenvalue weighted by Gasteiger charge is -2.03. The molecule has 0 unspecified atom stereocenters. The van der Waals surface area contributed by atoms with Crippen molar-refractivity contribution in [1.29, 1.82) is 0 Å². The topological polar surface area (TPSA) is 37.3 Å². The van der Waals surface area contributed by atoms with E-state index in [0.29, 0.717) is 6.42 Å². The first-order chi connectivity index (χ1) is 13.8. The van der Waals surface area contributed by atoms with Crippen molar-refractivity contribution in [3.63, 3.8) is 0 Å². The number of unbranched alkanes of at least 4 members (excludes halogenated alkanes) is 16. The standard InChI is InChI=1S/C26H48O2/c1-2-3-4-5-6-7-8-9-10-11-12-13-14-15-16-17-18-19-20-21-22-23-24-25-26(27)28/h5-6,8-9H,2-4,7,10-25H2,1H3,(H,27,28). The van der Waals surface area contributed by atoms with Gasteiger partial charge in [-0.2, -0.15) is 0 Å². The molecule has 0 aliphatic rings. The third kappa shape index (κ3) is 24.9. The van der Waals surface area contributed by atoms with Crippen LogP contribution in [0.3, 0.4) is 0 Å². The summed E-state index contributed by atoms with van der Waals surface area (Å²) in [6, 6.07) is 0. The fraction of sp³-hybridized carbons (Fsp3) is 0.808. The molecule has 0 spiro atoms. The van der Waals surface area contributed by atoms with E-state index in [1.165, 1.54) is 103 Å². The highest BCUT2D eigenvalue weighted by molar-refractivity contribution is 5.66. The Morgan fingerprint density at radius 3 is 1.39 bits per heavy atom. The predicted molar refractivity (Wildman–Crippen MR) is 124 cm³/mol. The number of aliphatic carboxylic acids is 1. The lowest BCUT2D eigenvalue weighted by atomic mass is 10.0. The molecule has 0 fully saturated rings. The Morgan fingerprint density at radius 1 is 0.571 bits per heavy atom. The molecular weight excluding hydrogens is 344 g/mol. The van der Waals surface area contributed by atoms with Crippen LogP contribution in [0.25, 0.3) is 0 Å². The van der Waals surface area contributed by atoms with Gasteiger partial charge < -0.3 is 5.11 Å². The van der Waals surface area contributed by atoms with E-state index in [9.17, 15) is 4.79 Å². The van der Waals surface area contributed by atoms with Crippen LogP contribution in [0.1, 0.15) is 135 Å². The Labute approximate surface area is 175 Å². The van der Waals surface area contributed by atoms with E-state index in [2.05, 4.69) is 31.2 Å². The molecule has 2 nitrogen and oxygen atoms in total. The van der Waals surface area contributed by atoms with Gasteiger partial charge >= 0.3 is 5.97 Å². The van der Waals surface area contributed by atoms with Gasteiger partial charge in [0, 0.05) is 6.42 Å². The third-order valence-electron chi connectivity index (χ3n) is 5.34. The van der Waals surface area contributed by atoms with E-state index in [0.717, 1.165) is 19.3 Å². The molecule has 0 heterocycles. The molecule has 0 aromatic rings. The smallest absolute Gasteiger partial charge is 0.303 e. The van der Waals surface area contributed by atoms with Crippen LogP contribution < -0.4 is 0 Å². The molecule has 0 bridgehead atoms. The molecule has 0 amide bonds. The van der Waals surface area contributed by atoms with Gasteiger partial charge in [-0.25, -0.2) is 0 Å². The number of carboxylic acids is 1. The fourth-order valence-corrected chi connectivity index (χ4v) is 3.49. The Bertz CT molecular complexity index is 371. The van der Waals surface area contributed by atoms with E-state index in [1.54, 1.807) is 0 Å². The van der Waals surface area contributed by atoms with Gasteiger partial charge in [-0.1, -0.05) is 121 Å². The summed E-state index contributed by atoms with van der Waals surface area (Å²) in [5.41, 5.74) is 0. The van der Waals surface area contributed by atoms with Gasteiger partial charge in [0.2, 0.25) is 0 Å². The van der Waals surface area contributed by atoms with E-state index in [1.807, 2.05) is 0 Å². The van der Waals surface area contributed by atoms with Gasteiger partial charge in [-0.3, -0.25) is 4.79 Å². The van der Waals surface area contributed by atoms with Crippen LogP contribution in [-0.2, 0) is 4.79 Å². The van der Waals surface area contributed by atoms with Crippen molar-refractivity contribution in [3.8, 4) is 0 Å². The number of carboxylic acid groups (broad SMARTS) is 1. The van der Waals surface area contributed by atoms with Crippen LogP contribution in [0.15, 0.2) is 24.3 Å². The van der Waals surface area contributed by atoms with Crippen molar-refractivity contribution in [3.05, 3.63) is 24.3 Å². The van der Waals surface area contributed by atoms with Crippen molar-refractivity contribution in [1.82, 2.24) is 0 Å². The molecule has 0 saturated carbocycles. The van der Waals surface area contributed by atoms with Crippen LogP contribution >= 0.6 is 0 Å². The summed E-state index contributed by atoms with van der Waals surface area (Å²) in [5.74, 6) is -0.655. The summed E-state index contributed by atoms with van der Waals surface area (Å²) >= 11 is 0. The van der Waals surface area contributed by atoms with Crippen LogP contribution in [0.4, 0.5) is 0 Å². The second-order valence-corrected chi connectivity index (χ2v) is 8.20. The van der Waals surface area contributed by atoms with E-state index in [-0.39, 0.29) is 0 Å². The molecule has 0 rings (SSSR count). The highest BCUT2D eigenvalue weighted by atomic mass is 16.4. The highest BCUT2D eigenvalue weighted by Gasteiger charge is 1.97. The van der Waals surface area contributed by atoms with Crippen molar-refractivity contribution >= 4 is 5.97 Å². The quantitative estimate of drug-likeness (QED) is 0.147. The minimum atomic E-state index is -0.655. The summed E-state index contributed by atoms with van der Waals surface area (Å²) < 4.78 is 0. The van der Waals surface area contributed by atoms with Gasteiger partial charge in [0.1, 0.15) is 0 Å². The molecule has 164 valence electrons. The first-order valence-electron chi connectivity index (χ1n) is 12.3. The maximum absolute atomic E-state index is 10.4. The van der Waals surface area contributed by atoms with Gasteiger partial charge in [-0.15, -0.1) is 0 Å². The minimum absolute atomic E-state index is 0.341. The zero-order valence-electron chi connectivity index (χ0n) is 18.8. The van der Waals surface area contributed by atoms with Crippen molar-refractivity contribution in [2.75, 3.05) is 0 Å². The monoisotopic (exact) mass is 392 g/mol. The second kappa shape index (κ2) is 24.0. The van der Waals surface area contributed by atoms with Gasteiger partial charge in [-0.05, 0) is 32.1 Å². The fourth-order valence-electron chi connectivity index (χ4n) is 3.49. The van der Waals surface area contributed by atoms with Crippen molar-refractivity contribution in [2.45, 2.75) is 135 Å². The molecule has 0 aliphatic heterocycles. The van der Waals surface area contributed by atoms with Crippen LogP contribution in [0, 0.1) is 0 Å². The SMILES string of the molecule is CCCCC=CCC=CCCCCCCCCCCCCCCCCC(=O)O. The second-order valence-electron chi connectivity index (χ2n) is 8.20. The molecule has 0 aliphatic carbocycles. The molecular formula is C26H48O2. The molecule has 28 heavy (non-hydrogen) atoms. The average Bonchev–Trinajstić information content (AvgIpc) is 2.68. The molecule has 2 heteroatoms. The lowest BCUT2D eigenvalue weighted by Crippen LogP contribution is -1.93. The maximum atomic E-state index is 10.4. The molecule has 0 aromatic carbocycles. The summed E-state index contributed by atoms with van der Waals surface area (Å²) in [4.78, 5) is 10.4. The zero-order chi connectivity index (χ0) is 20.5. The number of rotatable bonds is 22. The number of carbonyl (C=O) groups is 1. The van der Waals surface area contributed by atoms with Gasteiger partial charge in [0.05, 0.1) is 0 Å². The Hall–Kier alpha value is -1.05. The highest BCUT2D eigenvalue weighted by Crippen LogP contribution is 2.13. The van der Waals surface area contributed by atoms with E-state index < -0.39 is 5.97 Å². The Morgan fingerprint density at radius 2 is 0.964 bits per heavy atom. The number of hydrogen-bond donors (Lipinski definition) is 1. The van der Waals surface area contributed by atoms with Gasteiger partial charge in [0.25, 0.3) is 0 Å². The van der Waals surface area contributed by atoms with Crippen LogP contribution in [-0.4, -0.2) is 11.1 Å². The molecule has 0 aromatic heterocycles. The minimum Gasteiger partial charge on any atom is -0.481 e. The summed E-state index contributed by atoms with van der Waals surface area (Å²) in [6.45, 7) is 2.24. The summed E-state index contributed by atoms with van der Waals surface area (Å²) in [5, 5.41) is 8.58. The summed E-state index contributed by atoms with van der Waals surface area (Å²) in [6.07, 6.45) is 34.1. The molecule has 0 radical (unpaired) electrons. The normalized spacial score (nSPS) is 11.8. The molecule has 1 N–H and O–H groups in total. The van der Waals surface area contributed by atoms with Crippen LogP contribution in [0.2, 0.25) is 0 Å². The Balaban J connectivity index is 3.10. The first-order valence-corrected chi connectivity index (χ1v) is 12.3. The first kappa shape index (κ1) is 27.0. The van der Waals surface area contributed by atoms with Crippen molar-refractivity contribution < 1.29 is 9.90 Å². The zero-order valence-corrected chi connectivity index (χ0v) is 18.8. The van der Waals surface area contributed by atoms with E-state index >= 15 is 0 Å². The van der Waals surface area contributed by atoms with Gasteiger partial charge in [0.15, 0.2) is 0 Å². The number of allylic oxidation sites excluding steroid dienone is 4.